The zero-order valence-corrected chi connectivity index (χ0v) is 10.8. The van der Waals surface area contributed by atoms with Crippen LogP contribution in [0.15, 0.2) is 34.8 Å². The number of furan rings is 1. The molecular formula is C15H15ClO2. The number of hydrogen-bond donors (Lipinski definition) is 1. The fourth-order valence-corrected chi connectivity index (χ4v) is 2.63. The minimum Gasteiger partial charge on any atom is -0.456 e. The molecule has 0 aliphatic heterocycles. The number of hydrogen-bond acceptors (Lipinski definition) is 2. The van der Waals surface area contributed by atoms with E-state index in [1.165, 1.54) is 0 Å². The lowest BCUT2D eigenvalue weighted by molar-refractivity contribution is 0.211. The Hall–Kier alpha value is -1.25. The lowest BCUT2D eigenvalue weighted by Gasteiger charge is -2.02. The summed E-state index contributed by atoms with van der Waals surface area (Å²) < 4.78 is 5.83. The van der Waals surface area contributed by atoms with Gasteiger partial charge in [-0.25, -0.2) is 0 Å². The maximum atomic E-state index is 9.80. The Labute approximate surface area is 111 Å². The Morgan fingerprint density at radius 1 is 1.22 bits per heavy atom. The zero-order valence-electron chi connectivity index (χ0n) is 10.0. The molecule has 1 unspecified atom stereocenters. The van der Waals surface area contributed by atoms with Gasteiger partial charge in [0.1, 0.15) is 11.3 Å². The van der Waals surface area contributed by atoms with Crippen molar-refractivity contribution in [2.24, 2.45) is 0 Å². The molecule has 1 atom stereocenters. The molecule has 1 aliphatic rings. The molecule has 3 heteroatoms. The maximum absolute atomic E-state index is 9.80. The molecule has 1 aromatic carbocycles. The van der Waals surface area contributed by atoms with Crippen LogP contribution in [0.25, 0.3) is 16.5 Å². The van der Waals surface area contributed by atoms with Crippen molar-refractivity contribution in [3.8, 4) is 0 Å². The van der Waals surface area contributed by atoms with Gasteiger partial charge in [0, 0.05) is 10.4 Å². The summed E-state index contributed by atoms with van der Waals surface area (Å²) in [6.45, 7) is 0. The Kier molecular flexibility index (Phi) is 3.14. The van der Waals surface area contributed by atoms with Crippen LogP contribution >= 0.6 is 11.6 Å². The zero-order chi connectivity index (χ0) is 12.5. The molecule has 94 valence electrons. The van der Waals surface area contributed by atoms with Gasteiger partial charge in [-0.15, -0.1) is 0 Å². The molecule has 3 rings (SSSR count). The van der Waals surface area contributed by atoms with Gasteiger partial charge in [0.15, 0.2) is 0 Å². The summed E-state index contributed by atoms with van der Waals surface area (Å²) in [5, 5.41) is 11.5. The van der Waals surface area contributed by atoms with Gasteiger partial charge in [-0.2, -0.15) is 0 Å². The molecule has 0 amide bonds. The fraction of sp³-hybridized carbons (Fsp3) is 0.333. The summed E-state index contributed by atoms with van der Waals surface area (Å²) in [6, 6.07) is 7.62. The van der Waals surface area contributed by atoms with Crippen molar-refractivity contribution in [3.63, 3.8) is 0 Å². The number of benzene rings is 1. The van der Waals surface area contributed by atoms with E-state index in [9.17, 15) is 5.11 Å². The molecule has 0 fully saturated rings. The van der Waals surface area contributed by atoms with Crippen molar-refractivity contribution in [1.82, 2.24) is 0 Å². The lowest BCUT2D eigenvalue weighted by atomic mass is 10.1. The SMILES string of the molecule is OC1C=C(c2cc3cc(Cl)ccc3o2)CCCC1. The Balaban J connectivity index is 2.03. The van der Waals surface area contributed by atoms with Crippen molar-refractivity contribution in [3.05, 3.63) is 41.1 Å². The predicted molar refractivity (Wildman–Crippen MR) is 73.7 cm³/mol. The smallest absolute Gasteiger partial charge is 0.134 e. The van der Waals surface area contributed by atoms with Crippen LogP contribution in [0.3, 0.4) is 0 Å². The molecule has 1 N–H and O–H groups in total. The highest BCUT2D eigenvalue weighted by molar-refractivity contribution is 6.31. The molecule has 2 nitrogen and oxygen atoms in total. The summed E-state index contributed by atoms with van der Waals surface area (Å²) in [6.07, 6.45) is 5.54. The molecule has 1 aromatic heterocycles. The van der Waals surface area contributed by atoms with E-state index in [2.05, 4.69) is 0 Å². The first kappa shape index (κ1) is 11.8. The summed E-state index contributed by atoms with van der Waals surface area (Å²) in [5.41, 5.74) is 1.95. The molecule has 0 radical (unpaired) electrons. The van der Waals surface area contributed by atoms with Gasteiger partial charge in [-0.1, -0.05) is 18.0 Å². The summed E-state index contributed by atoms with van der Waals surface area (Å²) in [7, 11) is 0. The quantitative estimate of drug-likeness (QED) is 0.826. The van der Waals surface area contributed by atoms with Crippen LogP contribution in [0.2, 0.25) is 5.02 Å². The first-order chi connectivity index (χ1) is 8.72. The molecule has 0 bridgehead atoms. The third kappa shape index (κ3) is 2.31. The largest absolute Gasteiger partial charge is 0.456 e. The van der Waals surface area contributed by atoms with Gasteiger partial charge < -0.3 is 9.52 Å². The average Bonchev–Trinajstić information content (AvgIpc) is 2.63. The van der Waals surface area contributed by atoms with Gasteiger partial charge in [0.05, 0.1) is 6.10 Å². The van der Waals surface area contributed by atoms with Gasteiger partial charge in [-0.05, 0) is 55.2 Å². The van der Waals surface area contributed by atoms with Gasteiger partial charge in [0.25, 0.3) is 0 Å². The number of aliphatic hydroxyl groups excluding tert-OH is 1. The Morgan fingerprint density at radius 3 is 3.00 bits per heavy atom. The van der Waals surface area contributed by atoms with E-state index in [0.717, 1.165) is 48.0 Å². The molecule has 2 aromatic rings. The van der Waals surface area contributed by atoms with E-state index in [4.69, 9.17) is 16.0 Å². The third-order valence-electron chi connectivity index (χ3n) is 3.38. The van der Waals surface area contributed by atoms with Crippen LogP contribution in [0.4, 0.5) is 0 Å². The summed E-state index contributed by atoms with van der Waals surface area (Å²) >= 11 is 5.97. The van der Waals surface area contributed by atoms with Crippen LogP contribution in [0.5, 0.6) is 0 Å². The van der Waals surface area contributed by atoms with Crippen LogP contribution in [-0.2, 0) is 0 Å². The van der Waals surface area contributed by atoms with E-state index in [0.29, 0.717) is 5.02 Å². The van der Waals surface area contributed by atoms with E-state index in [-0.39, 0.29) is 6.10 Å². The highest BCUT2D eigenvalue weighted by Gasteiger charge is 2.14. The van der Waals surface area contributed by atoms with E-state index >= 15 is 0 Å². The maximum Gasteiger partial charge on any atom is 0.134 e. The molecule has 0 spiro atoms. The summed E-state index contributed by atoms with van der Waals surface area (Å²) in [4.78, 5) is 0. The van der Waals surface area contributed by atoms with Crippen molar-refractivity contribution in [1.29, 1.82) is 0 Å². The summed E-state index contributed by atoms with van der Waals surface area (Å²) in [5.74, 6) is 0.855. The van der Waals surface area contributed by atoms with Gasteiger partial charge in [-0.3, -0.25) is 0 Å². The van der Waals surface area contributed by atoms with Crippen LogP contribution in [0, 0.1) is 0 Å². The number of fused-ring (bicyclic) bond motifs is 1. The normalized spacial score (nSPS) is 20.8. The lowest BCUT2D eigenvalue weighted by Crippen LogP contribution is -1.99. The minimum atomic E-state index is -0.348. The van der Waals surface area contributed by atoms with E-state index < -0.39 is 0 Å². The van der Waals surface area contributed by atoms with Crippen molar-refractivity contribution in [2.45, 2.75) is 31.8 Å². The van der Waals surface area contributed by atoms with E-state index in [1.54, 1.807) is 0 Å². The van der Waals surface area contributed by atoms with Crippen molar-refractivity contribution in [2.75, 3.05) is 0 Å². The van der Waals surface area contributed by atoms with Gasteiger partial charge >= 0.3 is 0 Å². The second kappa shape index (κ2) is 4.79. The monoisotopic (exact) mass is 262 g/mol. The second-order valence-electron chi connectivity index (χ2n) is 4.80. The molecular weight excluding hydrogens is 248 g/mol. The minimum absolute atomic E-state index is 0.348. The molecule has 0 saturated carbocycles. The van der Waals surface area contributed by atoms with Gasteiger partial charge in [0.2, 0.25) is 0 Å². The number of aliphatic hydroxyl groups is 1. The van der Waals surface area contributed by atoms with E-state index in [1.807, 2.05) is 30.3 Å². The second-order valence-corrected chi connectivity index (χ2v) is 5.23. The standard InChI is InChI=1S/C15H15ClO2/c16-12-5-6-14-11(7-12)9-15(18-14)10-3-1-2-4-13(17)8-10/h5-9,13,17H,1-4H2. The topological polar surface area (TPSA) is 33.4 Å². The predicted octanol–water partition coefficient (Wildman–Crippen LogP) is 4.40. The highest BCUT2D eigenvalue weighted by Crippen LogP contribution is 2.31. The molecule has 1 aliphatic carbocycles. The first-order valence-corrected chi connectivity index (χ1v) is 6.68. The van der Waals surface area contributed by atoms with Crippen LogP contribution in [0.1, 0.15) is 31.4 Å². The number of rotatable bonds is 1. The highest BCUT2D eigenvalue weighted by atomic mass is 35.5. The van der Waals surface area contributed by atoms with Crippen LogP contribution in [-0.4, -0.2) is 11.2 Å². The first-order valence-electron chi connectivity index (χ1n) is 6.30. The average molecular weight is 263 g/mol. The van der Waals surface area contributed by atoms with Crippen LogP contribution < -0.4 is 0 Å². The molecule has 1 heterocycles. The number of allylic oxidation sites excluding steroid dienone is 1. The van der Waals surface area contributed by atoms with Crippen molar-refractivity contribution < 1.29 is 9.52 Å². The number of halogens is 1. The Morgan fingerprint density at radius 2 is 2.11 bits per heavy atom. The fourth-order valence-electron chi connectivity index (χ4n) is 2.45. The molecule has 0 saturated heterocycles. The third-order valence-corrected chi connectivity index (χ3v) is 3.62. The molecule has 18 heavy (non-hydrogen) atoms. The van der Waals surface area contributed by atoms with Crippen molar-refractivity contribution >= 4 is 28.1 Å². The Bertz CT molecular complexity index is 598.